The van der Waals surface area contributed by atoms with E-state index in [4.69, 9.17) is 37.9 Å². The summed E-state index contributed by atoms with van der Waals surface area (Å²) in [5, 5.41) is 140. The molecule has 22 nitrogen and oxygen atoms in total. The molecule has 4 aliphatic heterocycles. The second kappa shape index (κ2) is 20.7. The molecule has 430 valence electrons. The molecule has 4 heterocycles. The number of aliphatic hydroxyl groups is 13. The molecule has 0 radical (unpaired) electrons. The molecule has 0 spiro atoms. The maximum atomic E-state index is 14.8. The van der Waals surface area contributed by atoms with E-state index in [1.54, 1.807) is 6.92 Å². The van der Waals surface area contributed by atoms with Gasteiger partial charge in [0.2, 0.25) is 6.29 Å². The standard InChI is InChI=1S/C53H86O22/c1-22-11-16-53(47(66)75-45-39(65)36(62)33(59)27(20-55)71-45)18-17-50(6)24(42(53)52(22,8)67)9-10-29-49(5)14-13-30(48(3,4)28(49)12-15-51(29,50)7)72-46-41(74-43-37(63)34(60)31(57)23(2)69-43)40(25(56)21-68-46)73-44-38(64)35(61)32(58)26(19-54)70-44/h9,22-23,25-46,54-65,67H,10-21H2,1-8H3/t22-,23-,25-,26+,27+,28-,29+,30-,31-,32+,33+,34+,35-,36-,37+,38+,39+,40-,41+,42+,43-,44-,45-,46+,49-,50+,51+,52+,53-/m0/s1. The molecule has 0 aromatic carbocycles. The molecule has 13 N–H and O–H groups in total. The van der Waals surface area contributed by atoms with E-state index in [-0.39, 0.29) is 35.2 Å². The summed E-state index contributed by atoms with van der Waals surface area (Å²) in [5.41, 5.74) is -3.15. The molecule has 4 saturated carbocycles. The Morgan fingerprint density at radius 2 is 1.19 bits per heavy atom. The van der Waals surface area contributed by atoms with Crippen molar-refractivity contribution in [3.63, 3.8) is 0 Å². The lowest BCUT2D eigenvalue weighted by atomic mass is 9.33. The largest absolute Gasteiger partial charge is 0.432 e. The summed E-state index contributed by atoms with van der Waals surface area (Å²) < 4.78 is 48.8. The lowest BCUT2D eigenvalue weighted by molar-refractivity contribution is -0.388. The molecule has 9 rings (SSSR count). The van der Waals surface area contributed by atoms with Crippen molar-refractivity contribution in [2.24, 2.45) is 50.7 Å². The Bertz CT molecular complexity index is 2070. The fourth-order valence-electron chi connectivity index (χ4n) is 16.4. The van der Waals surface area contributed by atoms with Gasteiger partial charge in [-0.1, -0.05) is 53.2 Å². The van der Waals surface area contributed by atoms with Crippen LogP contribution in [-0.4, -0.2) is 221 Å². The van der Waals surface area contributed by atoms with E-state index in [0.29, 0.717) is 38.5 Å². The van der Waals surface area contributed by atoms with Crippen LogP contribution >= 0.6 is 0 Å². The van der Waals surface area contributed by atoms with E-state index >= 15 is 0 Å². The average molecular weight is 1080 g/mol. The van der Waals surface area contributed by atoms with E-state index in [0.717, 1.165) is 24.8 Å². The Hall–Kier alpha value is -1.59. The summed E-state index contributed by atoms with van der Waals surface area (Å²) in [5.74, 6) is -1.31. The normalized spacial score (nSPS) is 55.8. The minimum atomic E-state index is -1.84. The van der Waals surface area contributed by atoms with Crippen LogP contribution in [-0.2, 0) is 42.7 Å². The van der Waals surface area contributed by atoms with Gasteiger partial charge in [0.1, 0.15) is 85.5 Å². The smallest absolute Gasteiger partial charge is 0.315 e. The zero-order valence-corrected chi connectivity index (χ0v) is 44.4. The SMILES string of the molecule is C[C@@H]1O[C@@H](O[C@H]2[C@@H](O[C@H]3CC[C@]4(C)[C@H]5CC=C6[C@H]7[C@](C(=O)O[C@@H]8O[C@H](CO)[C@@H](O)[C@H](O)[C@H]8O)(CC[C@H](C)[C@@]7(C)O)CC[C@@]6(C)[C@]5(C)CC[C@H]4C3(C)C)OC[C@H](O)[C@@H]2O[C@@H]2O[C@H](CO)[C@@H](O)[C@H](O)[C@H]2O)[C@H](O)[C@H](O)[C@H]1O. The molecule has 5 aliphatic carbocycles. The van der Waals surface area contributed by atoms with Crippen LogP contribution in [0.1, 0.15) is 113 Å². The van der Waals surface area contributed by atoms with Gasteiger partial charge < -0.3 is 104 Å². The lowest BCUT2D eigenvalue weighted by Crippen LogP contribution is -2.68. The lowest BCUT2D eigenvalue weighted by Gasteiger charge is -2.72. The van der Waals surface area contributed by atoms with Gasteiger partial charge in [0, 0.05) is 5.92 Å². The minimum absolute atomic E-state index is 0.0741. The summed E-state index contributed by atoms with van der Waals surface area (Å²) in [4.78, 5) is 14.8. The van der Waals surface area contributed by atoms with Crippen molar-refractivity contribution in [3.8, 4) is 0 Å². The molecule has 9 aliphatic rings. The van der Waals surface area contributed by atoms with Gasteiger partial charge in [0.05, 0.1) is 43.0 Å². The number of aliphatic hydroxyl groups excluding tert-OH is 12. The Balaban J connectivity index is 0.986. The first kappa shape index (κ1) is 58.1. The third-order valence-corrected chi connectivity index (χ3v) is 21.4. The molecule has 8 fully saturated rings. The van der Waals surface area contributed by atoms with Crippen LogP contribution < -0.4 is 0 Å². The molecule has 22 heteroatoms. The highest BCUT2D eigenvalue weighted by molar-refractivity contribution is 5.79. The molecule has 29 atom stereocenters. The van der Waals surface area contributed by atoms with Crippen molar-refractivity contribution in [2.45, 2.75) is 242 Å². The number of ether oxygens (including phenoxy) is 8. The fraction of sp³-hybridized carbons (Fsp3) is 0.943. The number of hydrogen-bond donors (Lipinski definition) is 13. The van der Waals surface area contributed by atoms with Gasteiger partial charge in [0.15, 0.2) is 18.9 Å². The Morgan fingerprint density at radius 3 is 1.81 bits per heavy atom. The van der Waals surface area contributed by atoms with Gasteiger partial charge >= 0.3 is 5.97 Å². The number of carbonyl (C=O) groups is 1. The maximum absolute atomic E-state index is 14.8. The van der Waals surface area contributed by atoms with Crippen LogP contribution in [0.4, 0.5) is 0 Å². The Kier molecular flexibility index (Phi) is 16.1. The summed E-state index contributed by atoms with van der Waals surface area (Å²) in [6, 6.07) is 0. The molecule has 0 bridgehead atoms. The van der Waals surface area contributed by atoms with Crippen LogP contribution in [0.5, 0.6) is 0 Å². The third kappa shape index (κ3) is 9.12. The van der Waals surface area contributed by atoms with Crippen LogP contribution in [0.2, 0.25) is 0 Å². The fourth-order valence-corrected chi connectivity index (χ4v) is 16.4. The highest BCUT2D eigenvalue weighted by atomic mass is 16.8. The van der Waals surface area contributed by atoms with Crippen molar-refractivity contribution in [1.82, 2.24) is 0 Å². The van der Waals surface area contributed by atoms with Crippen LogP contribution in [0.25, 0.3) is 0 Å². The molecular formula is C53H86O22. The predicted octanol–water partition coefficient (Wildman–Crippen LogP) is -1.40. The Morgan fingerprint density at radius 1 is 0.613 bits per heavy atom. The number of rotatable bonds is 10. The minimum Gasteiger partial charge on any atom is -0.432 e. The van der Waals surface area contributed by atoms with E-state index in [9.17, 15) is 71.2 Å². The molecule has 0 unspecified atom stereocenters. The number of hydrogen-bond acceptors (Lipinski definition) is 22. The van der Waals surface area contributed by atoms with E-state index < -0.39 is 170 Å². The Labute approximate surface area is 437 Å². The average Bonchev–Trinajstić information content (AvgIpc) is 3.38. The van der Waals surface area contributed by atoms with Gasteiger partial charge in [-0.2, -0.15) is 0 Å². The topological polar surface area (TPSA) is 354 Å². The van der Waals surface area contributed by atoms with Gasteiger partial charge in [-0.25, -0.2) is 0 Å². The van der Waals surface area contributed by atoms with Gasteiger partial charge in [0.25, 0.3) is 0 Å². The van der Waals surface area contributed by atoms with Crippen molar-refractivity contribution in [1.29, 1.82) is 0 Å². The zero-order chi connectivity index (χ0) is 54.9. The number of fused-ring (bicyclic) bond motifs is 7. The molecular weight excluding hydrogens is 989 g/mol. The second-order valence-corrected chi connectivity index (χ2v) is 25.5. The number of carbonyl (C=O) groups excluding carboxylic acids is 1. The van der Waals surface area contributed by atoms with Crippen LogP contribution in [0, 0.1) is 50.7 Å². The molecule has 0 amide bonds. The van der Waals surface area contributed by atoms with Crippen LogP contribution in [0.15, 0.2) is 11.6 Å². The highest BCUT2D eigenvalue weighted by Gasteiger charge is 2.72. The second-order valence-electron chi connectivity index (χ2n) is 25.5. The number of allylic oxidation sites excluding steroid dienone is 1. The van der Waals surface area contributed by atoms with E-state index in [1.165, 1.54) is 6.92 Å². The van der Waals surface area contributed by atoms with Crippen molar-refractivity contribution in [2.75, 3.05) is 19.8 Å². The van der Waals surface area contributed by atoms with Crippen molar-refractivity contribution in [3.05, 3.63) is 11.6 Å². The monoisotopic (exact) mass is 1070 g/mol. The quantitative estimate of drug-likeness (QED) is 0.0680. The first-order valence-electron chi connectivity index (χ1n) is 27.3. The maximum Gasteiger partial charge on any atom is 0.315 e. The van der Waals surface area contributed by atoms with E-state index in [1.807, 2.05) is 6.92 Å². The van der Waals surface area contributed by atoms with Gasteiger partial charge in [-0.3, -0.25) is 4.79 Å². The molecule has 75 heavy (non-hydrogen) atoms. The van der Waals surface area contributed by atoms with Crippen molar-refractivity contribution >= 4 is 5.97 Å². The van der Waals surface area contributed by atoms with Crippen molar-refractivity contribution < 1.29 is 109 Å². The zero-order valence-electron chi connectivity index (χ0n) is 44.4. The summed E-state index contributed by atoms with van der Waals surface area (Å²) in [6.45, 7) is 14.8. The van der Waals surface area contributed by atoms with Crippen LogP contribution in [0.3, 0.4) is 0 Å². The molecule has 0 aromatic heterocycles. The van der Waals surface area contributed by atoms with Gasteiger partial charge in [-0.15, -0.1) is 0 Å². The first-order chi connectivity index (χ1) is 35.0. The summed E-state index contributed by atoms with van der Waals surface area (Å²) in [7, 11) is 0. The van der Waals surface area contributed by atoms with Gasteiger partial charge in [-0.05, 0) is 111 Å². The first-order valence-corrected chi connectivity index (χ1v) is 27.3. The number of esters is 1. The predicted molar refractivity (Wildman–Crippen MR) is 257 cm³/mol. The highest BCUT2D eigenvalue weighted by Crippen LogP contribution is 2.76. The summed E-state index contributed by atoms with van der Waals surface area (Å²) >= 11 is 0. The summed E-state index contributed by atoms with van der Waals surface area (Å²) in [6.07, 6.45) is -22.6. The van der Waals surface area contributed by atoms with E-state index in [2.05, 4.69) is 40.7 Å². The molecule has 0 aromatic rings. The third-order valence-electron chi connectivity index (χ3n) is 21.4. The molecule has 4 saturated heterocycles.